The molecule has 0 saturated carbocycles. The molecule has 9 heteroatoms. The number of hydrogen-bond donors (Lipinski definition) is 0. The second-order valence-electron chi connectivity index (χ2n) is 5.97. The van der Waals surface area contributed by atoms with Gasteiger partial charge in [-0.25, -0.2) is 0 Å². The molecule has 3 amide bonds. The van der Waals surface area contributed by atoms with Crippen LogP contribution in [0.25, 0.3) is 0 Å². The molecular formula is C17H19N3O6. The maximum Gasteiger partial charge on any atom is 0.280 e. The van der Waals surface area contributed by atoms with Gasteiger partial charge in [-0.3, -0.25) is 34.2 Å². The van der Waals surface area contributed by atoms with Crippen LogP contribution in [0.15, 0.2) is 18.2 Å². The average molecular weight is 361 g/mol. The highest BCUT2D eigenvalue weighted by atomic mass is 16.6. The van der Waals surface area contributed by atoms with E-state index in [1.807, 2.05) is 6.92 Å². The number of piperidine rings is 1. The quantitative estimate of drug-likeness (QED) is 0.327. The Morgan fingerprint density at radius 2 is 2.12 bits per heavy atom. The Morgan fingerprint density at radius 3 is 2.69 bits per heavy atom. The van der Waals surface area contributed by atoms with Gasteiger partial charge in [-0.2, -0.15) is 0 Å². The van der Waals surface area contributed by atoms with E-state index in [9.17, 15) is 29.3 Å². The van der Waals surface area contributed by atoms with Gasteiger partial charge in [0.15, 0.2) is 6.29 Å². The van der Waals surface area contributed by atoms with Crippen LogP contribution >= 0.6 is 0 Å². The molecule has 1 saturated heterocycles. The van der Waals surface area contributed by atoms with Gasteiger partial charge in [-0.15, -0.1) is 0 Å². The van der Waals surface area contributed by atoms with E-state index in [-0.39, 0.29) is 42.7 Å². The minimum atomic E-state index is -0.856. The minimum absolute atomic E-state index is 0.128. The number of imide groups is 1. The number of rotatable bonds is 6. The predicted molar refractivity (Wildman–Crippen MR) is 90.6 cm³/mol. The van der Waals surface area contributed by atoms with Crippen LogP contribution < -0.4 is 0 Å². The number of amides is 3. The third kappa shape index (κ3) is 3.46. The highest BCUT2D eigenvalue weighted by Gasteiger charge is 2.38. The van der Waals surface area contributed by atoms with E-state index in [2.05, 4.69) is 0 Å². The molecule has 1 unspecified atom stereocenters. The summed E-state index contributed by atoms with van der Waals surface area (Å²) in [5, 5.41) is 11.1. The number of hydrogen-bond acceptors (Lipinski definition) is 6. The van der Waals surface area contributed by atoms with Crippen LogP contribution in [-0.4, -0.2) is 58.4 Å². The van der Waals surface area contributed by atoms with Gasteiger partial charge in [0.1, 0.15) is 11.6 Å². The molecule has 138 valence electrons. The maximum atomic E-state index is 12.8. The Bertz CT molecular complexity index is 776. The van der Waals surface area contributed by atoms with E-state index >= 15 is 0 Å². The van der Waals surface area contributed by atoms with Crippen LogP contribution in [0.3, 0.4) is 0 Å². The molecule has 1 aliphatic rings. The van der Waals surface area contributed by atoms with Crippen molar-refractivity contribution in [3.8, 4) is 0 Å². The Balaban J connectivity index is 2.34. The minimum Gasteiger partial charge on any atom is -0.330 e. The molecule has 0 radical (unpaired) electrons. The fourth-order valence-corrected chi connectivity index (χ4v) is 2.99. The van der Waals surface area contributed by atoms with Gasteiger partial charge in [-0.05, 0) is 18.9 Å². The molecule has 1 heterocycles. The van der Waals surface area contributed by atoms with Crippen molar-refractivity contribution in [1.82, 2.24) is 9.80 Å². The van der Waals surface area contributed by atoms with Gasteiger partial charge in [0.05, 0.1) is 10.5 Å². The molecule has 0 bridgehead atoms. The lowest BCUT2D eigenvalue weighted by Crippen LogP contribution is -2.55. The molecule has 1 aromatic carbocycles. The number of aldehydes is 1. The number of nitrogens with zero attached hydrogens (tertiary/aromatic N) is 3. The van der Waals surface area contributed by atoms with Gasteiger partial charge >= 0.3 is 0 Å². The molecule has 1 aromatic rings. The van der Waals surface area contributed by atoms with Gasteiger partial charge in [0.2, 0.25) is 5.91 Å². The second kappa shape index (κ2) is 7.85. The number of carbonyl (C=O) groups is 4. The van der Waals surface area contributed by atoms with Gasteiger partial charge in [0.25, 0.3) is 17.5 Å². The second-order valence-corrected chi connectivity index (χ2v) is 5.97. The van der Waals surface area contributed by atoms with Crippen LogP contribution in [0.5, 0.6) is 0 Å². The van der Waals surface area contributed by atoms with Crippen LogP contribution in [0.2, 0.25) is 0 Å². The maximum absolute atomic E-state index is 12.8. The van der Waals surface area contributed by atoms with Crippen molar-refractivity contribution in [2.24, 2.45) is 0 Å². The van der Waals surface area contributed by atoms with Crippen molar-refractivity contribution in [3.05, 3.63) is 39.4 Å². The third-order valence-electron chi connectivity index (χ3n) is 4.35. The molecule has 0 aliphatic carbocycles. The summed E-state index contributed by atoms with van der Waals surface area (Å²) in [7, 11) is 1.39. The smallest absolute Gasteiger partial charge is 0.280 e. The Labute approximate surface area is 149 Å². The Morgan fingerprint density at radius 1 is 1.42 bits per heavy atom. The van der Waals surface area contributed by atoms with E-state index in [1.54, 1.807) is 0 Å². The summed E-state index contributed by atoms with van der Waals surface area (Å²) in [6.45, 7) is 2.10. The summed E-state index contributed by atoms with van der Waals surface area (Å²) in [6, 6.07) is 2.89. The van der Waals surface area contributed by atoms with Crippen LogP contribution in [0.4, 0.5) is 5.69 Å². The van der Waals surface area contributed by atoms with E-state index in [0.29, 0.717) is 6.42 Å². The van der Waals surface area contributed by atoms with E-state index in [4.69, 9.17) is 0 Å². The Kier molecular flexibility index (Phi) is 5.81. The van der Waals surface area contributed by atoms with Crippen molar-refractivity contribution >= 4 is 29.7 Å². The largest absolute Gasteiger partial charge is 0.330 e. The lowest BCUT2D eigenvalue weighted by molar-refractivity contribution is -0.385. The molecule has 1 aliphatic heterocycles. The number of benzene rings is 1. The zero-order chi connectivity index (χ0) is 19.4. The molecule has 1 fully saturated rings. The summed E-state index contributed by atoms with van der Waals surface area (Å²) < 4.78 is 0. The summed E-state index contributed by atoms with van der Waals surface area (Å²) in [5.41, 5.74) is -0.959. The third-order valence-corrected chi connectivity index (χ3v) is 4.35. The highest BCUT2D eigenvalue weighted by Crippen LogP contribution is 2.24. The average Bonchev–Trinajstić information content (AvgIpc) is 2.63. The summed E-state index contributed by atoms with van der Waals surface area (Å²) >= 11 is 0. The molecular weight excluding hydrogens is 342 g/mol. The SMILES string of the molecule is CCCN1C(=O)CCC(N(C)C(=O)c2cccc([N+](=O)[O-])c2C=O)C1=O. The summed E-state index contributed by atoms with van der Waals surface area (Å²) in [6.07, 6.45) is 1.16. The van der Waals surface area contributed by atoms with Gasteiger partial charge in [-0.1, -0.05) is 13.0 Å². The van der Waals surface area contributed by atoms with E-state index < -0.39 is 28.5 Å². The number of carbonyl (C=O) groups excluding carboxylic acids is 4. The number of likely N-dealkylation sites (N-methyl/N-ethyl adjacent to an activating group) is 1. The zero-order valence-electron chi connectivity index (χ0n) is 14.5. The highest BCUT2D eigenvalue weighted by molar-refractivity contribution is 6.07. The number of nitro benzene ring substituents is 1. The normalized spacial score (nSPS) is 17.2. The first kappa shape index (κ1) is 19.2. The first-order chi connectivity index (χ1) is 12.3. The summed E-state index contributed by atoms with van der Waals surface area (Å²) in [4.78, 5) is 61.1. The van der Waals surface area contributed by atoms with Crippen molar-refractivity contribution in [3.63, 3.8) is 0 Å². The molecule has 0 aromatic heterocycles. The zero-order valence-corrected chi connectivity index (χ0v) is 14.5. The van der Waals surface area contributed by atoms with Crippen LogP contribution in [0, 0.1) is 10.1 Å². The standard InChI is InChI=1S/C17H19N3O6/c1-3-9-19-15(22)8-7-14(17(19)24)18(2)16(23)11-5-4-6-13(20(25)26)12(11)10-21/h4-6,10,14H,3,7-9H2,1-2H3. The predicted octanol–water partition coefficient (Wildman–Crippen LogP) is 1.41. The Hall–Kier alpha value is -3.10. The molecule has 1 atom stereocenters. The van der Waals surface area contributed by atoms with E-state index in [0.717, 1.165) is 15.9 Å². The van der Waals surface area contributed by atoms with Gasteiger partial charge < -0.3 is 4.90 Å². The molecule has 0 spiro atoms. The van der Waals surface area contributed by atoms with Gasteiger partial charge in [0, 0.05) is 26.1 Å². The van der Waals surface area contributed by atoms with Crippen LogP contribution in [-0.2, 0) is 9.59 Å². The van der Waals surface area contributed by atoms with Crippen molar-refractivity contribution in [2.75, 3.05) is 13.6 Å². The van der Waals surface area contributed by atoms with Crippen molar-refractivity contribution in [1.29, 1.82) is 0 Å². The van der Waals surface area contributed by atoms with Crippen molar-refractivity contribution < 1.29 is 24.1 Å². The molecule has 0 N–H and O–H groups in total. The lowest BCUT2D eigenvalue weighted by Gasteiger charge is -2.35. The van der Waals surface area contributed by atoms with E-state index in [1.165, 1.54) is 19.2 Å². The van der Waals surface area contributed by atoms with Crippen LogP contribution in [0.1, 0.15) is 46.9 Å². The molecule has 9 nitrogen and oxygen atoms in total. The fourth-order valence-electron chi connectivity index (χ4n) is 2.99. The molecule has 26 heavy (non-hydrogen) atoms. The monoisotopic (exact) mass is 361 g/mol. The number of nitro groups is 1. The summed E-state index contributed by atoms with van der Waals surface area (Å²) in [5.74, 6) is -1.44. The molecule has 2 rings (SSSR count). The first-order valence-corrected chi connectivity index (χ1v) is 8.17. The van der Waals surface area contributed by atoms with Crippen molar-refractivity contribution in [2.45, 2.75) is 32.2 Å². The topological polar surface area (TPSA) is 118 Å². The first-order valence-electron chi connectivity index (χ1n) is 8.17. The number of likely N-dealkylation sites (tertiary alicyclic amines) is 1. The lowest BCUT2D eigenvalue weighted by atomic mass is 10.00. The fraction of sp³-hybridized carbons (Fsp3) is 0.412.